The highest BCUT2D eigenvalue weighted by Crippen LogP contribution is 2.27. The van der Waals surface area contributed by atoms with Gasteiger partial charge in [0.15, 0.2) is 0 Å². The summed E-state index contributed by atoms with van der Waals surface area (Å²) in [6.45, 7) is 1.28. The van der Waals surface area contributed by atoms with Crippen LogP contribution in [0, 0.1) is 0 Å². The van der Waals surface area contributed by atoms with E-state index >= 15 is 0 Å². The molecule has 0 spiro atoms. The fraction of sp³-hybridized carbons (Fsp3) is 0.100. The van der Waals surface area contributed by atoms with Crippen LogP contribution in [-0.2, 0) is 14.8 Å². The van der Waals surface area contributed by atoms with E-state index in [2.05, 4.69) is 20.2 Å². The van der Waals surface area contributed by atoms with Gasteiger partial charge in [-0.3, -0.25) is 9.52 Å². The SMILES string of the molecule is CC(=O)Nc1nnc(S(=O)(=O)Nc2ccc(Cl)c(Cl)c2)s1. The molecule has 7 nitrogen and oxygen atoms in total. The molecule has 2 rings (SSSR count). The number of anilines is 2. The van der Waals surface area contributed by atoms with Gasteiger partial charge in [-0.25, -0.2) is 0 Å². The van der Waals surface area contributed by atoms with Gasteiger partial charge < -0.3 is 5.32 Å². The molecule has 2 N–H and O–H groups in total. The number of nitrogens with zero attached hydrogens (tertiary/aromatic N) is 2. The molecular formula is C10H8Cl2N4O3S2. The van der Waals surface area contributed by atoms with Crippen molar-refractivity contribution in [3.8, 4) is 0 Å². The molecule has 2 aromatic rings. The second-order valence-corrected chi connectivity index (χ2v) is 7.44. The number of hydrogen-bond donors (Lipinski definition) is 2. The first-order valence-electron chi connectivity index (χ1n) is 5.37. The van der Waals surface area contributed by atoms with Gasteiger partial charge in [0.2, 0.25) is 11.0 Å². The monoisotopic (exact) mass is 366 g/mol. The maximum absolute atomic E-state index is 12.1. The molecule has 11 heteroatoms. The highest BCUT2D eigenvalue weighted by atomic mass is 35.5. The van der Waals surface area contributed by atoms with Crippen molar-refractivity contribution in [2.24, 2.45) is 0 Å². The van der Waals surface area contributed by atoms with Crippen LogP contribution >= 0.6 is 34.5 Å². The van der Waals surface area contributed by atoms with Crippen LogP contribution in [0.15, 0.2) is 22.5 Å². The summed E-state index contributed by atoms with van der Waals surface area (Å²) in [6.07, 6.45) is 0. The van der Waals surface area contributed by atoms with E-state index in [0.29, 0.717) is 5.02 Å². The minimum atomic E-state index is -3.92. The van der Waals surface area contributed by atoms with Crippen molar-refractivity contribution in [1.29, 1.82) is 0 Å². The number of benzene rings is 1. The lowest BCUT2D eigenvalue weighted by molar-refractivity contribution is -0.114. The number of nitrogens with one attached hydrogen (secondary N) is 2. The number of carbonyl (C=O) groups is 1. The molecule has 1 amide bonds. The van der Waals surface area contributed by atoms with E-state index in [1.807, 2.05) is 0 Å². The van der Waals surface area contributed by atoms with Gasteiger partial charge in [0.25, 0.3) is 14.4 Å². The Hall–Kier alpha value is -1.42. The smallest absolute Gasteiger partial charge is 0.291 e. The number of hydrogen-bond acceptors (Lipinski definition) is 6. The Morgan fingerprint density at radius 2 is 1.95 bits per heavy atom. The number of carbonyl (C=O) groups excluding carboxylic acids is 1. The summed E-state index contributed by atoms with van der Waals surface area (Å²) in [5, 5.41) is 10.1. The Morgan fingerprint density at radius 1 is 1.24 bits per heavy atom. The fourth-order valence-corrected chi connectivity index (χ4v) is 3.57. The number of aromatic nitrogens is 2. The van der Waals surface area contributed by atoms with Gasteiger partial charge in [-0.15, -0.1) is 10.2 Å². The maximum Gasteiger partial charge on any atom is 0.291 e. The molecule has 1 aromatic carbocycles. The van der Waals surface area contributed by atoms with Crippen LogP contribution in [0.25, 0.3) is 0 Å². The minimum absolute atomic E-state index is 0.0945. The number of halogens is 2. The van der Waals surface area contributed by atoms with Crippen molar-refractivity contribution in [2.45, 2.75) is 11.3 Å². The first-order chi connectivity index (χ1) is 9.78. The van der Waals surface area contributed by atoms with Gasteiger partial charge in [0, 0.05) is 6.92 Å². The van der Waals surface area contributed by atoms with Crippen LogP contribution in [-0.4, -0.2) is 24.5 Å². The molecule has 0 aliphatic carbocycles. The topological polar surface area (TPSA) is 101 Å². The van der Waals surface area contributed by atoms with E-state index in [-0.39, 0.29) is 26.1 Å². The Labute approximate surface area is 134 Å². The summed E-state index contributed by atoms with van der Waals surface area (Å²) in [6, 6.07) is 4.29. The second kappa shape index (κ2) is 6.14. The Balaban J connectivity index is 2.23. The Bertz CT molecular complexity index is 791. The molecule has 0 radical (unpaired) electrons. The molecule has 1 aromatic heterocycles. The largest absolute Gasteiger partial charge is 0.301 e. The Morgan fingerprint density at radius 3 is 2.57 bits per heavy atom. The van der Waals surface area contributed by atoms with Crippen molar-refractivity contribution in [1.82, 2.24) is 10.2 Å². The molecule has 21 heavy (non-hydrogen) atoms. The zero-order chi connectivity index (χ0) is 15.6. The lowest BCUT2D eigenvalue weighted by Crippen LogP contribution is -2.12. The summed E-state index contributed by atoms with van der Waals surface area (Å²) in [4.78, 5) is 10.9. The van der Waals surface area contributed by atoms with Gasteiger partial charge in [-0.1, -0.05) is 34.5 Å². The third-order valence-electron chi connectivity index (χ3n) is 2.09. The van der Waals surface area contributed by atoms with Crippen LogP contribution in [0.5, 0.6) is 0 Å². The second-order valence-electron chi connectivity index (χ2n) is 3.79. The van der Waals surface area contributed by atoms with E-state index in [1.54, 1.807) is 0 Å². The van der Waals surface area contributed by atoms with Crippen LogP contribution < -0.4 is 10.0 Å². The predicted molar refractivity (Wildman–Crippen MR) is 81.5 cm³/mol. The summed E-state index contributed by atoms with van der Waals surface area (Å²) in [5.41, 5.74) is 0.237. The molecule has 0 aliphatic rings. The van der Waals surface area contributed by atoms with E-state index in [4.69, 9.17) is 23.2 Å². The first-order valence-corrected chi connectivity index (χ1v) is 8.42. The van der Waals surface area contributed by atoms with Crippen LogP contribution in [0.1, 0.15) is 6.92 Å². The first kappa shape index (κ1) is 16.0. The molecule has 0 atom stereocenters. The average Bonchev–Trinajstić information content (AvgIpc) is 2.82. The highest BCUT2D eigenvalue weighted by molar-refractivity contribution is 7.94. The third kappa shape index (κ3) is 4.03. The quantitative estimate of drug-likeness (QED) is 0.809. The van der Waals surface area contributed by atoms with Crippen LogP contribution in [0.2, 0.25) is 10.0 Å². The van der Waals surface area contributed by atoms with Crippen LogP contribution in [0.3, 0.4) is 0 Å². The fourth-order valence-electron chi connectivity index (χ4n) is 1.28. The molecule has 0 bridgehead atoms. The van der Waals surface area contributed by atoms with Crippen molar-refractivity contribution in [3.05, 3.63) is 28.2 Å². The average molecular weight is 367 g/mol. The number of rotatable bonds is 4. The van der Waals surface area contributed by atoms with Crippen molar-refractivity contribution in [3.63, 3.8) is 0 Å². The summed E-state index contributed by atoms with van der Waals surface area (Å²) in [7, 11) is -3.92. The third-order valence-corrected chi connectivity index (χ3v) is 5.42. The molecule has 0 unspecified atom stereocenters. The summed E-state index contributed by atoms with van der Waals surface area (Å²) < 4.78 is 26.2. The normalized spacial score (nSPS) is 11.2. The van der Waals surface area contributed by atoms with E-state index in [9.17, 15) is 13.2 Å². The van der Waals surface area contributed by atoms with Crippen molar-refractivity contribution >= 4 is 61.3 Å². The van der Waals surface area contributed by atoms with E-state index in [1.165, 1.54) is 25.1 Å². The van der Waals surface area contributed by atoms with E-state index < -0.39 is 10.0 Å². The minimum Gasteiger partial charge on any atom is -0.301 e. The van der Waals surface area contributed by atoms with Crippen LogP contribution in [0.4, 0.5) is 10.8 Å². The van der Waals surface area contributed by atoms with Crippen molar-refractivity contribution in [2.75, 3.05) is 10.0 Å². The molecule has 0 saturated carbocycles. The van der Waals surface area contributed by atoms with Gasteiger partial charge in [0.1, 0.15) is 0 Å². The van der Waals surface area contributed by atoms with Gasteiger partial charge >= 0.3 is 0 Å². The highest BCUT2D eigenvalue weighted by Gasteiger charge is 2.21. The van der Waals surface area contributed by atoms with Gasteiger partial charge in [0.05, 0.1) is 15.7 Å². The van der Waals surface area contributed by atoms with Crippen molar-refractivity contribution < 1.29 is 13.2 Å². The van der Waals surface area contributed by atoms with Gasteiger partial charge in [-0.2, -0.15) is 8.42 Å². The standard InChI is InChI=1S/C10H8Cl2N4O3S2/c1-5(17)13-9-14-15-10(20-9)21(18,19)16-6-2-3-7(11)8(12)4-6/h2-4,16H,1H3,(H,13,14,17). The summed E-state index contributed by atoms with van der Waals surface area (Å²) in [5.74, 6) is -0.368. The predicted octanol–water partition coefficient (Wildman–Crippen LogP) is 2.60. The Kier molecular flexibility index (Phi) is 4.67. The maximum atomic E-state index is 12.1. The molecule has 1 heterocycles. The lowest BCUT2D eigenvalue weighted by atomic mass is 10.3. The molecule has 0 saturated heterocycles. The summed E-state index contributed by atoms with van der Waals surface area (Å²) >= 11 is 12.3. The molecule has 112 valence electrons. The number of sulfonamides is 1. The lowest BCUT2D eigenvalue weighted by Gasteiger charge is -2.05. The zero-order valence-electron chi connectivity index (χ0n) is 10.4. The van der Waals surface area contributed by atoms with Gasteiger partial charge in [-0.05, 0) is 18.2 Å². The molecule has 0 aliphatic heterocycles. The van der Waals surface area contributed by atoms with E-state index in [0.717, 1.165) is 11.3 Å². The molecular weight excluding hydrogens is 359 g/mol. The number of amides is 1. The molecule has 0 fully saturated rings. The zero-order valence-corrected chi connectivity index (χ0v) is 13.6.